The van der Waals surface area contributed by atoms with Crippen LogP contribution in [-0.4, -0.2) is 19.5 Å². The topological polar surface area (TPSA) is 114 Å². The second-order valence-electron chi connectivity index (χ2n) is 7.12. The van der Waals surface area contributed by atoms with E-state index in [9.17, 15) is 27.2 Å². The van der Waals surface area contributed by atoms with Gasteiger partial charge in [0.15, 0.2) is 11.6 Å². The molecule has 1 atom stereocenters. The normalized spacial score (nSPS) is 12.0. The molecular formula is C21H17F4N5O3. The number of H-pyrrole nitrogens is 1. The molecule has 0 amide bonds. The quantitative estimate of drug-likeness (QED) is 0.557. The van der Waals surface area contributed by atoms with Gasteiger partial charge in [0.1, 0.15) is 23.8 Å². The van der Waals surface area contributed by atoms with E-state index < -0.39 is 57.9 Å². The SMILES string of the molecule is Cc1nc(C)c(Cn2cnc([C@H](C)F)c(Oc3cc(C(F)F)cc(C#N)c3F)c2=O)c(=O)[nH]1. The van der Waals surface area contributed by atoms with E-state index in [-0.39, 0.29) is 12.1 Å². The summed E-state index contributed by atoms with van der Waals surface area (Å²) in [6.45, 7) is 3.86. The Morgan fingerprint density at radius 2 is 1.94 bits per heavy atom. The van der Waals surface area contributed by atoms with E-state index in [0.29, 0.717) is 23.7 Å². The average molecular weight is 463 g/mol. The summed E-state index contributed by atoms with van der Waals surface area (Å²) >= 11 is 0. The summed E-state index contributed by atoms with van der Waals surface area (Å²) in [5, 5.41) is 9.03. The number of nitrogens with zero attached hydrogens (tertiary/aromatic N) is 4. The fraction of sp³-hybridized carbons (Fsp3) is 0.286. The van der Waals surface area contributed by atoms with Crippen LogP contribution in [-0.2, 0) is 6.54 Å². The standard InChI is InChI=1S/C21H17F4N5O3/c1-9(22)17-18(33-15-5-12(19(24)25)4-13(6-26)16(15)23)21(32)30(8-27-17)7-14-10(2)28-11(3)29-20(14)31/h4-5,8-9,19H,7H2,1-3H3,(H,28,29,31)/t9-/m0/s1. The van der Waals surface area contributed by atoms with E-state index in [4.69, 9.17) is 10.00 Å². The summed E-state index contributed by atoms with van der Waals surface area (Å²) in [5.41, 5.74) is -3.03. The molecule has 33 heavy (non-hydrogen) atoms. The van der Waals surface area contributed by atoms with Crippen molar-refractivity contribution in [2.45, 2.75) is 39.9 Å². The largest absolute Gasteiger partial charge is 0.446 e. The second kappa shape index (κ2) is 9.23. The van der Waals surface area contributed by atoms with Gasteiger partial charge in [0.25, 0.3) is 17.5 Å². The van der Waals surface area contributed by atoms with Gasteiger partial charge in [-0.2, -0.15) is 5.26 Å². The molecule has 0 aliphatic carbocycles. The number of halogens is 4. The van der Waals surface area contributed by atoms with Gasteiger partial charge >= 0.3 is 0 Å². The molecule has 2 heterocycles. The van der Waals surface area contributed by atoms with Crippen LogP contribution < -0.4 is 15.9 Å². The highest BCUT2D eigenvalue weighted by atomic mass is 19.3. The van der Waals surface area contributed by atoms with Gasteiger partial charge in [-0.15, -0.1) is 0 Å². The summed E-state index contributed by atoms with van der Waals surface area (Å²) in [5.74, 6) is -2.57. The van der Waals surface area contributed by atoms with Crippen molar-refractivity contribution in [2.24, 2.45) is 0 Å². The van der Waals surface area contributed by atoms with Crippen LogP contribution in [0, 0.1) is 31.0 Å². The second-order valence-corrected chi connectivity index (χ2v) is 7.12. The van der Waals surface area contributed by atoms with Crippen LogP contribution in [0.1, 0.15) is 53.4 Å². The molecule has 1 N–H and O–H groups in total. The van der Waals surface area contributed by atoms with Crippen LogP contribution in [0.2, 0.25) is 0 Å². The van der Waals surface area contributed by atoms with Crippen molar-refractivity contribution >= 4 is 0 Å². The minimum atomic E-state index is -3.06. The Morgan fingerprint density at radius 3 is 2.52 bits per heavy atom. The minimum absolute atomic E-state index is 0.120. The molecule has 0 saturated carbocycles. The molecule has 0 saturated heterocycles. The van der Waals surface area contributed by atoms with Crippen molar-refractivity contribution in [3.63, 3.8) is 0 Å². The third kappa shape index (κ3) is 4.77. The van der Waals surface area contributed by atoms with Gasteiger partial charge in [-0.05, 0) is 32.9 Å². The maximum absolute atomic E-state index is 14.6. The summed E-state index contributed by atoms with van der Waals surface area (Å²) < 4.78 is 61.2. The lowest BCUT2D eigenvalue weighted by atomic mass is 10.1. The van der Waals surface area contributed by atoms with Crippen molar-refractivity contribution in [3.05, 3.63) is 78.9 Å². The zero-order valence-corrected chi connectivity index (χ0v) is 17.6. The Balaban J connectivity index is 2.15. The fourth-order valence-corrected chi connectivity index (χ4v) is 3.09. The van der Waals surface area contributed by atoms with Gasteiger partial charge in [-0.25, -0.2) is 27.5 Å². The Labute approximate surface area is 184 Å². The summed E-state index contributed by atoms with van der Waals surface area (Å²) in [4.78, 5) is 35.8. The third-order valence-electron chi connectivity index (χ3n) is 4.72. The maximum atomic E-state index is 14.6. The van der Waals surface area contributed by atoms with E-state index in [1.807, 2.05) is 0 Å². The molecule has 2 aromatic heterocycles. The van der Waals surface area contributed by atoms with E-state index in [0.717, 1.165) is 17.8 Å². The van der Waals surface area contributed by atoms with E-state index >= 15 is 0 Å². The molecule has 8 nitrogen and oxygen atoms in total. The number of aromatic nitrogens is 4. The number of hydrogen-bond acceptors (Lipinski definition) is 6. The molecule has 0 aliphatic heterocycles. The number of nitriles is 1. The molecule has 3 rings (SSSR count). The molecule has 0 unspecified atom stereocenters. The van der Waals surface area contributed by atoms with E-state index in [1.54, 1.807) is 13.8 Å². The van der Waals surface area contributed by atoms with Gasteiger partial charge in [0.2, 0.25) is 5.75 Å². The first kappa shape index (κ1) is 23.6. The summed E-state index contributed by atoms with van der Waals surface area (Å²) in [6.07, 6.45) is -3.93. The Bertz CT molecular complexity index is 1380. The van der Waals surface area contributed by atoms with Crippen molar-refractivity contribution in [3.8, 4) is 17.6 Å². The number of nitrogens with one attached hydrogen (secondary N) is 1. The first-order chi connectivity index (χ1) is 15.5. The number of aromatic amines is 1. The number of rotatable bonds is 6. The number of aryl methyl sites for hydroxylation is 2. The van der Waals surface area contributed by atoms with Gasteiger partial charge in [0, 0.05) is 11.3 Å². The molecule has 0 radical (unpaired) electrons. The van der Waals surface area contributed by atoms with E-state index in [2.05, 4.69) is 15.0 Å². The molecule has 0 spiro atoms. The molecule has 0 fully saturated rings. The highest BCUT2D eigenvalue weighted by molar-refractivity contribution is 5.45. The molecule has 12 heteroatoms. The number of benzene rings is 1. The molecule has 3 aromatic rings. The van der Waals surface area contributed by atoms with Crippen molar-refractivity contribution in [1.29, 1.82) is 5.26 Å². The Kier molecular flexibility index (Phi) is 6.62. The maximum Gasteiger partial charge on any atom is 0.297 e. The lowest BCUT2D eigenvalue weighted by molar-refractivity contribution is 0.151. The molecule has 1 aromatic carbocycles. The minimum Gasteiger partial charge on any atom is -0.446 e. The highest BCUT2D eigenvalue weighted by Gasteiger charge is 2.24. The lowest BCUT2D eigenvalue weighted by Gasteiger charge is -2.15. The Morgan fingerprint density at radius 1 is 1.24 bits per heavy atom. The zero-order valence-electron chi connectivity index (χ0n) is 17.6. The number of ether oxygens (including phenoxy) is 1. The predicted molar refractivity (Wildman–Crippen MR) is 108 cm³/mol. The van der Waals surface area contributed by atoms with Gasteiger partial charge < -0.3 is 9.72 Å². The molecule has 172 valence electrons. The lowest BCUT2D eigenvalue weighted by Crippen LogP contribution is -2.28. The van der Waals surface area contributed by atoms with Gasteiger partial charge in [0.05, 0.1) is 24.0 Å². The van der Waals surface area contributed by atoms with Gasteiger partial charge in [-0.1, -0.05) is 0 Å². The van der Waals surface area contributed by atoms with Crippen molar-refractivity contribution < 1.29 is 22.3 Å². The van der Waals surface area contributed by atoms with Gasteiger partial charge in [-0.3, -0.25) is 14.2 Å². The van der Waals surface area contributed by atoms with Crippen LogP contribution in [0.3, 0.4) is 0 Å². The summed E-state index contributed by atoms with van der Waals surface area (Å²) in [6, 6.07) is 2.68. The first-order valence-electron chi connectivity index (χ1n) is 9.52. The fourth-order valence-electron chi connectivity index (χ4n) is 3.09. The van der Waals surface area contributed by atoms with Crippen LogP contribution in [0.25, 0.3) is 0 Å². The molecular weight excluding hydrogens is 446 g/mol. The van der Waals surface area contributed by atoms with E-state index in [1.165, 1.54) is 6.07 Å². The van der Waals surface area contributed by atoms with Crippen LogP contribution >= 0.6 is 0 Å². The average Bonchev–Trinajstić information content (AvgIpc) is 2.73. The summed E-state index contributed by atoms with van der Waals surface area (Å²) in [7, 11) is 0. The number of alkyl halides is 3. The van der Waals surface area contributed by atoms with Crippen molar-refractivity contribution in [2.75, 3.05) is 0 Å². The monoisotopic (exact) mass is 463 g/mol. The zero-order chi connectivity index (χ0) is 24.4. The molecule has 0 aliphatic rings. The Hall–Kier alpha value is -4.01. The highest BCUT2D eigenvalue weighted by Crippen LogP contribution is 2.33. The number of hydrogen-bond donors (Lipinski definition) is 1. The van der Waals surface area contributed by atoms with Crippen LogP contribution in [0.4, 0.5) is 17.6 Å². The smallest absolute Gasteiger partial charge is 0.297 e. The predicted octanol–water partition coefficient (Wildman–Crippen LogP) is 3.76. The first-order valence-corrected chi connectivity index (χ1v) is 9.52. The van der Waals surface area contributed by atoms with Crippen molar-refractivity contribution in [1.82, 2.24) is 19.5 Å². The van der Waals surface area contributed by atoms with Crippen LogP contribution in [0.15, 0.2) is 28.0 Å². The van der Waals surface area contributed by atoms with Crippen LogP contribution in [0.5, 0.6) is 11.5 Å². The molecule has 0 bridgehead atoms. The third-order valence-corrected chi connectivity index (χ3v) is 4.72.